The van der Waals surface area contributed by atoms with E-state index in [1.807, 2.05) is 6.92 Å². The summed E-state index contributed by atoms with van der Waals surface area (Å²) in [5.74, 6) is 2.72. The number of anilines is 1. The Hall–Kier alpha value is -1.46. The van der Waals surface area contributed by atoms with E-state index in [1.54, 1.807) is 0 Å². The van der Waals surface area contributed by atoms with Gasteiger partial charge in [-0.15, -0.1) is 6.42 Å². The number of rotatable bonds is 2. The molecule has 1 aromatic rings. The first-order valence-electron chi connectivity index (χ1n) is 5.79. The zero-order valence-corrected chi connectivity index (χ0v) is 9.74. The summed E-state index contributed by atoms with van der Waals surface area (Å²) in [5.41, 5.74) is 9.77. The first kappa shape index (κ1) is 11.0. The molecule has 0 fully saturated rings. The maximum Gasteiger partial charge on any atom is 0.0791 e. The number of nitrogens with two attached hydrogens (primary N) is 1. The average Bonchev–Trinajstić information content (AvgIpc) is 2.29. The number of fused-ring (bicyclic) bond motifs is 1. The molecule has 2 nitrogen and oxygen atoms in total. The lowest BCUT2D eigenvalue weighted by atomic mass is 9.97. The van der Waals surface area contributed by atoms with Gasteiger partial charge in [-0.3, -0.25) is 0 Å². The average molecular weight is 214 g/mol. The second kappa shape index (κ2) is 4.59. The van der Waals surface area contributed by atoms with E-state index in [1.165, 1.54) is 23.2 Å². The van der Waals surface area contributed by atoms with E-state index in [9.17, 15) is 0 Å². The van der Waals surface area contributed by atoms with E-state index < -0.39 is 0 Å². The van der Waals surface area contributed by atoms with Crippen LogP contribution in [0.4, 0.5) is 5.69 Å². The van der Waals surface area contributed by atoms with Crippen molar-refractivity contribution >= 4 is 5.69 Å². The Labute approximate surface area is 97.4 Å². The fourth-order valence-corrected chi connectivity index (χ4v) is 2.25. The van der Waals surface area contributed by atoms with Crippen LogP contribution in [-0.4, -0.2) is 13.1 Å². The van der Waals surface area contributed by atoms with Gasteiger partial charge in [0.25, 0.3) is 0 Å². The number of hydrogen-bond acceptors (Lipinski definition) is 2. The van der Waals surface area contributed by atoms with Gasteiger partial charge < -0.3 is 10.6 Å². The highest BCUT2D eigenvalue weighted by Crippen LogP contribution is 2.28. The highest BCUT2D eigenvalue weighted by atomic mass is 15.1. The lowest BCUT2D eigenvalue weighted by molar-refractivity contribution is 0.721. The molecular formula is C14H18N2. The van der Waals surface area contributed by atoms with Crippen molar-refractivity contribution in [3.05, 3.63) is 29.3 Å². The maximum atomic E-state index is 5.89. The Kier molecular flexibility index (Phi) is 3.17. The Bertz CT molecular complexity index is 415. The second-order valence-electron chi connectivity index (χ2n) is 4.41. The second-order valence-corrected chi connectivity index (χ2v) is 4.41. The fourth-order valence-electron chi connectivity index (χ4n) is 2.25. The fraction of sp³-hybridized carbons (Fsp3) is 0.429. The standard InChI is InChI=1S/C14H18N2/c1-3-8-16-9-4-5-13-10-12(11(2)15)6-7-14(13)16/h1,6-7,10-11H,4-5,8-9,15H2,2H3. The summed E-state index contributed by atoms with van der Waals surface area (Å²) in [6.45, 7) is 3.78. The van der Waals surface area contributed by atoms with Gasteiger partial charge >= 0.3 is 0 Å². The van der Waals surface area contributed by atoms with Crippen LogP contribution < -0.4 is 10.6 Å². The first-order valence-corrected chi connectivity index (χ1v) is 5.79. The molecule has 84 valence electrons. The van der Waals surface area contributed by atoms with Crippen molar-refractivity contribution in [3.63, 3.8) is 0 Å². The van der Waals surface area contributed by atoms with E-state index >= 15 is 0 Å². The predicted octanol–water partition coefficient (Wildman–Crippen LogP) is 2.09. The number of benzene rings is 1. The van der Waals surface area contributed by atoms with Crippen LogP contribution in [0.2, 0.25) is 0 Å². The quantitative estimate of drug-likeness (QED) is 0.764. The van der Waals surface area contributed by atoms with Crippen LogP contribution in [-0.2, 0) is 6.42 Å². The summed E-state index contributed by atoms with van der Waals surface area (Å²) < 4.78 is 0. The molecular weight excluding hydrogens is 196 g/mol. The van der Waals surface area contributed by atoms with Gasteiger partial charge in [-0.25, -0.2) is 0 Å². The molecule has 2 rings (SSSR count). The Morgan fingerprint density at radius 3 is 3.06 bits per heavy atom. The monoisotopic (exact) mass is 214 g/mol. The normalized spacial score (nSPS) is 16.4. The largest absolute Gasteiger partial charge is 0.360 e. The van der Waals surface area contributed by atoms with Crippen molar-refractivity contribution < 1.29 is 0 Å². The van der Waals surface area contributed by atoms with Gasteiger partial charge in [-0.05, 0) is 37.0 Å². The van der Waals surface area contributed by atoms with E-state index in [-0.39, 0.29) is 6.04 Å². The minimum absolute atomic E-state index is 0.105. The molecule has 1 aromatic carbocycles. The molecule has 0 amide bonds. The van der Waals surface area contributed by atoms with E-state index in [2.05, 4.69) is 29.0 Å². The van der Waals surface area contributed by atoms with Crippen molar-refractivity contribution in [1.82, 2.24) is 0 Å². The van der Waals surface area contributed by atoms with Gasteiger partial charge in [0.2, 0.25) is 0 Å². The maximum absolute atomic E-state index is 5.89. The summed E-state index contributed by atoms with van der Waals surface area (Å²) in [6, 6.07) is 6.60. The zero-order chi connectivity index (χ0) is 11.5. The highest BCUT2D eigenvalue weighted by Gasteiger charge is 2.16. The van der Waals surface area contributed by atoms with Crippen molar-refractivity contribution in [2.75, 3.05) is 18.0 Å². The van der Waals surface area contributed by atoms with Gasteiger partial charge in [-0.1, -0.05) is 18.1 Å². The molecule has 0 radical (unpaired) electrons. The van der Waals surface area contributed by atoms with Crippen molar-refractivity contribution in [3.8, 4) is 12.3 Å². The van der Waals surface area contributed by atoms with Crippen LogP contribution >= 0.6 is 0 Å². The molecule has 0 saturated heterocycles. The molecule has 1 atom stereocenters. The summed E-state index contributed by atoms with van der Waals surface area (Å²) >= 11 is 0. The van der Waals surface area contributed by atoms with E-state index in [0.29, 0.717) is 6.54 Å². The first-order chi connectivity index (χ1) is 7.72. The van der Waals surface area contributed by atoms with Crippen LogP contribution in [0.5, 0.6) is 0 Å². The zero-order valence-electron chi connectivity index (χ0n) is 9.74. The molecule has 0 aromatic heterocycles. The Balaban J connectivity index is 2.33. The molecule has 16 heavy (non-hydrogen) atoms. The smallest absolute Gasteiger partial charge is 0.0791 e. The van der Waals surface area contributed by atoms with Gasteiger partial charge in [0.05, 0.1) is 6.54 Å². The van der Waals surface area contributed by atoms with Crippen molar-refractivity contribution in [1.29, 1.82) is 0 Å². The third kappa shape index (κ3) is 2.05. The van der Waals surface area contributed by atoms with Gasteiger partial charge in [0.15, 0.2) is 0 Å². The molecule has 0 saturated carbocycles. The number of hydrogen-bond donors (Lipinski definition) is 1. The molecule has 1 heterocycles. The SMILES string of the molecule is C#CCN1CCCc2cc(C(C)N)ccc21. The lowest BCUT2D eigenvalue weighted by Gasteiger charge is -2.30. The predicted molar refractivity (Wildman–Crippen MR) is 68.4 cm³/mol. The molecule has 1 aliphatic heterocycles. The van der Waals surface area contributed by atoms with Gasteiger partial charge in [0.1, 0.15) is 0 Å². The number of nitrogens with zero attached hydrogens (tertiary/aromatic N) is 1. The van der Waals surface area contributed by atoms with Gasteiger partial charge in [-0.2, -0.15) is 0 Å². The Morgan fingerprint density at radius 1 is 1.56 bits per heavy atom. The van der Waals surface area contributed by atoms with E-state index in [4.69, 9.17) is 12.2 Å². The molecule has 1 unspecified atom stereocenters. The summed E-state index contributed by atoms with van der Waals surface area (Å²) in [7, 11) is 0. The van der Waals surface area contributed by atoms with E-state index in [0.717, 1.165) is 13.0 Å². The minimum atomic E-state index is 0.105. The molecule has 2 heteroatoms. The van der Waals surface area contributed by atoms with Crippen LogP contribution in [0.15, 0.2) is 18.2 Å². The van der Waals surface area contributed by atoms with Crippen molar-refractivity contribution in [2.24, 2.45) is 5.73 Å². The molecule has 0 spiro atoms. The molecule has 1 aliphatic rings. The van der Waals surface area contributed by atoms with Crippen LogP contribution in [0.3, 0.4) is 0 Å². The highest BCUT2D eigenvalue weighted by molar-refractivity contribution is 5.57. The van der Waals surface area contributed by atoms with Gasteiger partial charge in [0, 0.05) is 18.3 Å². The molecule has 0 bridgehead atoms. The molecule has 2 N–H and O–H groups in total. The van der Waals surface area contributed by atoms with Crippen LogP contribution in [0.1, 0.15) is 30.5 Å². The third-order valence-corrected chi connectivity index (χ3v) is 3.13. The summed E-state index contributed by atoms with van der Waals surface area (Å²) in [4.78, 5) is 2.27. The Morgan fingerprint density at radius 2 is 2.38 bits per heavy atom. The third-order valence-electron chi connectivity index (χ3n) is 3.13. The number of terminal acetylenes is 1. The molecule has 0 aliphatic carbocycles. The number of aryl methyl sites for hydroxylation is 1. The van der Waals surface area contributed by atoms with Crippen LogP contribution in [0, 0.1) is 12.3 Å². The summed E-state index contributed by atoms with van der Waals surface area (Å²) in [5, 5.41) is 0. The summed E-state index contributed by atoms with van der Waals surface area (Å²) in [6.07, 6.45) is 7.70. The van der Waals surface area contributed by atoms with Crippen molar-refractivity contribution in [2.45, 2.75) is 25.8 Å². The van der Waals surface area contributed by atoms with Crippen LogP contribution in [0.25, 0.3) is 0 Å². The lowest BCUT2D eigenvalue weighted by Crippen LogP contribution is -2.29. The topological polar surface area (TPSA) is 29.3 Å². The minimum Gasteiger partial charge on any atom is -0.360 e.